The van der Waals surface area contributed by atoms with Crippen molar-refractivity contribution in [2.24, 2.45) is 0 Å². The normalized spacial score (nSPS) is 10.8. The smallest absolute Gasteiger partial charge is 0.132 e. The number of hydrogen-bond donors (Lipinski definition) is 1. The topological polar surface area (TPSA) is 50.7 Å². The van der Waals surface area contributed by atoms with Gasteiger partial charge in [-0.1, -0.05) is 37.6 Å². The van der Waals surface area contributed by atoms with Crippen LogP contribution >= 0.6 is 0 Å². The molecule has 0 atom stereocenters. The van der Waals surface area contributed by atoms with Crippen LogP contribution in [0.1, 0.15) is 18.9 Å². The van der Waals surface area contributed by atoms with E-state index in [1.165, 1.54) is 5.39 Å². The second kappa shape index (κ2) is 5.87. The maximum absolute atomic E-state index is 4.54. The average Bonchev–Trinajstić information content (AvgIpc) is 2.55. The largest absolute Gasteiger partial charge is 0.373 e. The predicted octanol–water partition coefficient (Wildman–Crippen LogP) is 3.69. The van der Waals surface area contributed by atoms with Gasteiger partial charge >= 0.3 is 0 Å². The summed E-state index contributed by atoms with van der Waals surface area (Å²) in [5.41, 5.74) is 3.19. The van der Waals surface area contributed by atoms with Gasteiger partial charge in [0.15, 0.2) is 0 Å². The van der Waals surface area contributed by atoms with Crippen molar-refractivity contribution in [1.82, 2.24) is 15.0 Å². The molecule has 3 rings (SSSR count). The van der Waals surface area contributed by atoms with Crippen LogP contribution in [0.25, 0.3) is 22.0 Å². The van der Waals surface area contributed by atoms with E-state index < -0.39 is 0 Å². The predicted molar refractivity (Wildman–Crippen MR) is 86.3 cm³/mol. The van der Waals surface area contributed by atoms with Crippen molar-refractivity contribution in [3.63, 3.8) is 0 Å². The van der Waals surface area contributed by atoms with E-state index in [9.17, 15) is 0 Å². The highest BCUT2D eigenvalue weighted by atomic mass is 15.0. The van der Waals surface area contributed by atoms with Gasteiger partial charge in [0.25, 0.3) is 0 Å². The zero-order valence-electron chi connectivity index (χ0n) is 12.3. The van der Waals surface area contributed by atoms with Gasteiger partial charge in [-0.25, -0.2) is 9.97 Å². The lowest BCUT2D eigenvalue weighted by molar-refractivity contribution is 0.906. The third-order valence-electron chi connectivity index (χ3n) is 3.61. The highest BCUT2D eigenvalue weighted by molar-refractivity contribution is 5.95. The quantitative estimate of drug-likeness (QED) is 0.791. The maximum Gasteiger partial charge on any atom is 0.132 e. The number of rotatable bonds is 4. The van der Waals surface area contributed by atoms with Crippen molar-refractivity contribution in [2.45, 2.75) is 19.8 Å². The average molecular weight is 278 g/mol. The van der Waals surface area contributed by atoms with Crippen LogP contribution in [-0.4, -0.2) is 22.0 Å². The fourth-order valence-electron chi connectivity index (χ4n) is 2.65. The summed E-state index contributed by atoms with van der Waals surface area (Å²) in [5, 5.41) is 5.47. The van der Waals surface area contributed by atoms with Gasteiger partial charge in [-0.15, -0.1) is 0 Å². The van der Waals surface area contributed by atoms with Crippen LogP contribution in [0, 0.1) is 0 Å². The molecule has 3 aromatic rings. The van der Waals surface area contributed by atoms with Gasteiger partial charge in [0.1, 0.15) is 12.1 Å². The Kier molecular flexibility index (Phi) is 3.77. The molecule has 0 aliphatic rings. The molecule has 0 radical (unpaired) electrons. The number of fused-ring (bicyclic) bond motifs is 1. The number of benzene rings is 1. The molecule has 0 saturated heterocycles. The molecule has 106 valence electrons. The van der Waals surface area contributed by atoms with Crippen molar-refractivity contribution < 1.29 is 0 Å². The number of anilines is 1. The van der Waals surface area contributed by atoms with Crippen LogP contribution in [0.2, 0.25) is 0 Å². The van der Waals surface area contributed by atoms with Crippen molar-refractivity contribution in [3.05, 3.63) is 48.5 Å². The van der Waals surface area contributed by atoms with Crippen LogP contribution in [0.5, 0.6) is 0 Å². The lowest BCUT2D eigenvalue weighted by Gasteiger charge is -2.13. The molecule has 0 aliphatic carbocycles. The first-order valence-corrected chi connectivity index (χ1v) is 7.20. The lowest BCUT2D eigenvalue weighted by atomic mass is 9.99. The van der Waals surface area contributed by atoms with Gasteiger partial charge < -0.3 is 5.32 Å². The third kappa shape index (κ3) is 2.44. The zero-order valence-corrected chi connectivity index (χ0v) is 12.3. The Hall–Kier alpha value is -2.49. The van der Waals surface area contributed by atoms with Gasteiger partial charge in [-0.3, -0.25) is 4.98 Å². The summed E-state index contributed by atoms with van der Waals surface area (Å²) in [6.45, 7) is 2.16. The molecule has 1 aromatic carbocycles. The molecule has 0 amide bonds. The molecule has 1 N–H and O–H groups in total. The Labute approximate surface area is 124 Å². The minimum absolute atomic E-state index is 0.898. The fourth-order valence-corrected chi connectivity index (χ4v) is 2.65. The Morgan fingerprint density at radius 2 is 1.95 bits per heavy atom. The van der Waals surface area contributed by atoms with Crippen molar-refractivity contribution in [1.29, 1.82) is 0 Å². The molecule has 4 heteroatoms. The highest BCUT2D eigenvalue weighted by Gasteiger charge is 2.14. The standard InChI is InChI=1S/C17H18N4/c1-3-6-14-16(20-11-21-17(14)18-2)15-10-19-9-12-7-4-5-8-13(12)15/h4-5,7-11H,3,6H2,1-2H3,(H,18,20,21). The molecule has 0 bridgehead atoms. The second-order valence-electron chi connectivity index (χ2n) is 4.96. The second-order valence-corrected chi connectivity index (χ2v) is 4.96. The van der Waals surface area contributed by atoms with E-state index in [0.29, 0.717) is 0 Å². The van der Waals surface area contributed by atoms with Gasteiger partial charge in [0, 0.05) is 36.0 Å². The van der Waals surface area contributed by atoms with Crippen molar-refractivity contribution in [2.75, 3.05) is 12.4 Å². The molecular weight excluding hydrogens is 260 g/mol. The van der Waals surface area contributed by atoms with E-state index in [0.717, 1.165) is 40.9 Å². The lowest BCUT2D eigenvalue weighted by Crippen LogP contribution is -2.03. The Bertz CT molecular complexity index is 762. The van der Waals surface area contributed by atoms with Gasteiger partial charge in [-0.2, -0.15) is 0 Å². The molecule has 0 aliphatic heterocycles. The van der Waals surface area contributed by atoms with Crippen LogP contribution in [0.3, 0.4) is 0 Å². The Morgan fingerprint density at radius 3 is 2.76 bits per heavy atom. The molecule has 4 nitrogen and oxygen atoms in total. The number of hydrogen-bond acceptors (Lipinski definition) is 4. The molecule has 0 fully saturated rings. The fraction of sp³-hybridized carbons (Fsp3) is 0.235. The summed E-state index contributed by atoms with van der Waals surface area (Å²) >= 11 is 0. The van der Waals surface area contributed by atoms with E-state index in [1.807, 2.05) is 31.6 Å². The highest BCUT2D eigenvalue weighted by Crippen LogP contribution is 2.31. The first-order chi connectivity index (χ1) is 10.3. The van der Waals surface area contributed by atoms with Crippen LogP contribution < -0.4 is 5.32 Å². The summed E-state index contributed by atoms with van der Waals surface area (Å²) in [4.78, 5) is 13.2. The van der Waals surface area contributed by atoms with E-state index in [4.69, 9.17) is 0 Å². The third-order valence-corrected chi connectivity index (χ3v) is 3.61. The van der Waals surface area contributed by atoms with Gasteiger partial charge in [0.05, 0.1) is 5.69 Å². The molecule has 0 saturated carbocycles. The van der Waals surface area contributed by atoms with E-state index in [-0.39, 0.29) is 0 Å². The molecule has 0 spiro atoms. The summed E-state index contributed by atoms with van der Waals surface area (Å²) in [5.74, 6) is 0.898. The monoisotopic (exact) mass is 278 g/mol. The Balaban J connectivity index is 2.28. The van der Waals surface area contributed by atoms with Crippen LogP contribution in [-0.2, 0) is 6.42 Å². The van der Waals surface area contributed by atoms with Gasteiger partial charge in [0.2, 0.25) is 0 Å². The van der Waals surface area contributed by atoms with Crippen molar-refractivity contribution >= 4 is 16.6 Å². The van der Waals surface area contributed by atoms with Crippen molar-refractivity contribution in [3.8, 4) is 11.3 Å². The summed E-state index contributed by atoms with van der Waals surface area (Å²) in [6, 6.07) is 8.26. The minimum atomic E-state index is 0.898. The van der Waals surface area contributed by atoms with Crippen LogP contribution in [0.15, 0.2) is 43.0 Å². The minimum Gasteiger partial charge on any atom is -0.373 e. The number of aromatic nitrogens is 3. The zero-order chi connectivity index (χ0) is 14.7. The summed E-state index contributed by atoms with van der Waals surface area (Å²) in [7, 11) is 1.90. The summed E-state index contributed by atoms with van der Waals surface area (Å²) < 4.78 is 0. The molecular formula is C17H18N4. The first kappa shape index (κ1) is 13.5. The first-order valence-electron chi connectivity index (χ1n) is 7.20. The number of nitrogens with zero attached hydrogens (tertiary/aromatic N) is 3. The number of pyridine rings is 1. The van der Waals surface area contributed by atoms with E-state index in [1.54, 1.807) is 6.33 Å². The van der Waals surface area contributed by atoms with E-state index >= 15 is 0 Å². The maximum atomic E-state index is 4.54. The molecule has 2 heterocycles. The van der Waals surface area contributed by atoms with E-state index in [2.05, 4.69) is 39.3 Å². The Morgan fingerprint density at radius 1 is 1.10 bits per heavy atom. The summed E-state index contributed by atoms with van der Waals surface area (Å²) in [6.07, 6.45) is 7.38. The molecule has 0 unspecified atom stereocenters. The van der Waals surface area contributed by atoms with Crippen LogP contribution in [0.4, 0.5) is 5.82 Å². The number of nitrogens with one attached hydrogen (secondary N) is 1. The molecule has 21 heavy (non-hydrogen) atoms. The van der Waals surface area contributed by atoms with Gasteiger partial charge in [-0.05, 0) is 11.8 Å². The molecule has 2 aromatic heterocycles. The SMILES string of the molecule is CCCc1c(NC)ncnc1-c1cncc2ccccc12.